The number of halogens is 1. The Kier molecular flexibility index (Phi) is 3.05. The van der Waals surface area contributed by atoms with E-state index in [2.05, 4.69) is 9.97 Å². The summed E-state index contributed by atoms with van der Waals surface area (Å²) in [5, 5.41) is 1.48. The molecule has 0 saturated heterocycles. The molecule has 0 aliphatic carbocycles. The highest BCUT2D eigenvalue weighted by Crippen LogP contribution is 2.31. The molecule has 3 rings (SSSR count). The van der Waals surface area contributed by atoms with Crippen molar-refractivity contribution in [3.8, 4) is 16.9 Å². The number of rotatable bonds is 2. The van der Waals surface area contributed by atoms with Crippen LogP contribution in [0.3, 0.4) is 0 Å². The summed E-state index contributed by atoms with van der Waals surface area (Å²) in [5.41, 5.74) is 2.85. The minimum Gasteiger partial charge on any atom is -0.497 e. The van der Waals surface area contributed by atoms with E-state index < -0.39 is 0 Å². The highest BCUT2D eigenvalue weighted by molar-refractivity contribution is 6.30. The van der Waals surface area contributed by atoms with E-state index in [1.54, 1.807) is 13.3 Å². The Morgan fingerprint density at radius 2 is 2.05 bits per heavy atom. The van der Waals surface area contributed by atoms with Gasteiger partial charge >= 0.3 is 0 Å². The van der Waals surface area contributed by atoms with Crippen LogP contribution >= 0.6 is 11.6 Å². The Morgan fingerprint density at radius 1 is 1.16 bits per heavy atom. The second-order valence-corrected chi connectivity index (χ2v) is 4.50. The monoisotopic (exact) mass is 270 g/mol. The summed E-state index contributed by atoms with van der Waals surface area (Å²) in [6.07, 6.45) is 3.56. The smallest absolute Gasteiger partial charge is 0.130 e. The van der Waals surface area contributed by atoms with E-state index in [0.717, 1.165) is 27.8 Å². The largest absolute Gasteiger partial charge is 0.497 e. The first-order valence-electron chi connectivity index (χ1n) is 5.82. The first kappa shape index (κ1) is 11.9. The predicted octanol–water partition coefficient (Wildman–Crippen LogP) is 3.96. The van der Waals surface area contributed by atoms with E-state index in [1.807, 2.05) is 42.6 Å². The van der Waals surface area contributed by atoms with Gasteiger partial charge in [-0.25, -0.2) is 4.98 Å². The zero-order valence-electron chi connectivity index (χ0n) is 10.3. The molecule has 19 heavy (non-hydrogen) atoms. The standard InChI is InChI=1S/C15H11ClN2O/c1-19-11-4-5-12-13(10-3-2-6-17-9-10)8-15(16)18-14(12)7-11/h2-9H,1H3. The van der Waals surface area contributed by atoms with Gasteiger partial charge < -0.3 is 4.74 Å². The summed E-state index contributed by atoms with van der Waals surface area (Å²) >= 11 is 6.10. The minimum absolute atomic E-state index is 0.458. The molecule has 0 spiro atoms. The fraction of sp³-hybridized carbons (Fsp3) is 0.0667. The molecule has 3 nitrogen and oxygen atoms in total. The van der Waals surface area contributed by atoms with E-state index in [-0.39, 0.29) is 0 Å². The van der Waals surface area contributed by atoms with Gasteiger partial charge in [0.05, 0.1) is 12.6 Å². The van der Waals surface area contributed by atoms with Crippen LogP contribution in [-0.2, 0) is 0 Å². The van der Waals surface area contributed by atoms with Crippen molar-refractivity contribution in [2.75, 3.05) is 7.11 Å². The molecule has 0 N–H and O–H groups in total. The van der Waals surface area contributed by atoms with Crippen LogP contribution in [0.15, 0.2) is 48.8 Å². The molecule has 94 valence electrons. The van der Waals surface area contributed by atoms with Gasteiger partial charge in [0.2, 0.25) is 0 Å². The second-order valence-electron chi connectivity index (χ2n) is 4.12. The normalized spacial score (nSPS) is 10.6. The Hall–Kier alpha value is -2.13. The SMILES string of the molecule is COc1ccc2c(-c3cccnc3)cc(Cl)nc2c1. The summed E-state index contributed by atoms with van der Waals surface area (Å²) < 4.78 is 5.21. The van der Waals surface area contributed by atoms with Gasteiger partial charge in [0, 0.05) is 29.4 Å². The summed E-state index contributed by atoms with van der Waals surface area (Å²) in [6, 6.07) is 11.5. The van der Waals surface area contributed by atoms with Gasteiger partial charge in [-0.3, -0.25) is 4.98 Å². The van der Waals surface area contributed by atoms with E-state index in [0.29, 0.717) is 5.15 Å². The zero-order valence-corrected chi connectivity index (χ0v) is 11.1. The van der Waals surface area contributed by atoms with Gasteiger partial charge in [-0.05, 0) is 29.8 Å². The van der Waals surface area contributed by atoms with Crippen LogP contribution < -0.4 is 4.74 Å². The molecule has 0 unspecified atom stereocenters. The summed E-state index contributed by atoms with van der Waals surface area (Å²) in [4.78, 5) is 8.48. The Bertz CT molecular complexity index is 729. The summed E-state index contributed by atoms with van der Waals surface area (Å²) in [6.45, 7) is 0. The molecule has 3 aromatic rings. The molecule has 2 aromatic heterocycles. The van der Waals surface area contributed by atoms with Crippen LogP contribution in [0, 0.1) is 0 Å². The fourth-order valence-corrected chi connectivity index (χ4v) is 2.26. The van der Waals surface area contributed by atoms with Gasteiger partial charge in [0.25, 0.3) is 0 Å². The van der Waals surface area contributed by atoms with Crippen LogP contribution in [0.25, 0.3) is 22.0 Å². The van der Waals surface area contributed by atoms with E-state index >= 15 is 0 Å². The lowest BCUT2D eigenvalue weighted by molar-refractivity contribution is 0.415. The molecular weight excluding hydrogens is 260 g/mol. The number of aromatic nitrogens is 2. The number of fused-ring (bicyclic) bond motifs is 1. The number of methoxy groups -OCH3 is 1. The Labute approximate surface area is 115 Å². The van der Waals surface area contributed by atoms with Crippen molar-refractivity contribution in [2.45, 2.75) is 0 Å². The third-order valence-electron chi connectivity index (χ3n) is 2.96. The maximum absolute atomic E-state index is 6.10. The number of hydrogen-bond donors (Lipinski definition) is 0. The van der Waals surface area contributed by atoms with Crippen molar-refractivity contribution >= 4 is 22.5 Å². The van der Waals surface area contributed by atoms with Crippen LogP contribution in [0.4, 0.5) is 0 Å². The highest BCUT2D eigenvalue weighted by Gasteiger charge is 2.08. The summed E-state index contributed by atoms with van der Waals surface area (Å²) in [5.74, 6) is 0.763. The third-order valence-corrected chi connectivity index (χ3v) is 3.15. The molecule has 0 saturated carbocycles. The fourth-order valence-electron chi connectivity index (χ4n) is 2.06. The molecule has 0 atom stereocenters. The number of ether oxygens (including phenoxy) is 1. The van der Waals surface area contributed by atoms with Crippen LogP contribution in [0.5, 0.6) is 5.75 Å². The molecular formula is C15H11ClN2O. The second kappa shape index (κ2) is 4.86. The lowest BCUT2D eigenvalue weighted by Gasteiger charge is -2.08. The molecule has 0 aliphatic rings. The predicted molar refractivity (Wildman–Crippen MR) is 76.5 cm³/mol. The zero-order chi connectivity index (χ0) is 13.2. The summed E-state index contributed by atoms with van der Waals surface area (Å²) in [7, 11) is 1.63. The molecule has 0 amide bonds. The van der Waals surface area contributed by atoms with Crippen molar-refractivity contribution < 1.29 is 4.74 Å². The van der Waals surface area contributed by atoms with Crippen LogP contribution in [-0.4, -0.2) is 17.1 Å². The van der Waals surface area contributed by atoms with Crippen molar-refractivity contribution in [1.82, 2.24) is 9.97 Å². The molecule has 4 heteroatoms. The lowest BCUT2D eigenvalue weighted by Crippen LogP contribution is -1.89. The van der Waals surface area contributed by atoms with Crippen LogP contribution in [0.2, 0.25) is 5.15 Å². The van der Waals surface area contributed by atoms with Gasteiger partial charge in [0.1, 0.15) is 10.9 Å². The van der Waals surface area contributed by atoms with Gasteiger partial charge in [-0.15, -0.1) is 0 Å². The van der Waals surface area contributed by atoms with Crippen molar-refractivity contribution in [1.29, 1.82) is 0 Å². The van der Waals surface area contributed by atoms with Crippen LogP contribution in [0.1, 0.15) is 0 Å². The first-order valence-corrected chi connectivity index (χ1v) is 6.20. The average Bonchev–Trinajstić information content (AvgIpc) is 2.46. The topological polar surface area (TPSA) is 35.0 Å². The maximum atomic E-state index is 6.10. The third kappa shape index (κ3) is 2.25. The minimum atomic E-state index is 0.458. The van der Waals surface area contributed by atoms with Gasteiger partial charge in [-0.1, -0.05) is 17.7 Å². The maximum Gasteiger partial charge on any atom is 0.130 e. The van der Waals surface area contributed by atoms with E-state index in [9.17, 15) is 0 Å². The number of pyridine rings is 2. The van der Waals surface area contributed by atoms with E-state index in [1.165, 1.54) is 0 Å². The highest BCUT2D eigenvalue weighted by atomic mass is 35.5. The average molecular weight is 271 g/mol. The quantitative estimate of drug-likeness (QED) is 0.661. The van der Waals surface area contributed by atoms with E-state index in [4.69, 9.17) is 16.3 Å². The first-order chi connectivity index (χ1) is 9.28. The van der Waals surface area contributed by atoms with Crippen molar-refractivity contribution in [3.63, 3.8) is 0 Å². The number of hydrogen-bond acceptors (Lipinski definition) is 3. The molecule has 2 heterocycles. The Balaban J connectivity index is 2.30. The molecule has 0 aliphatic heterocycles. The van der Waals surface area contributed by atoms with Gasteiger partial charge in [0.15, 0.2) is 0 Å². The molecule has 0 bridgehead atoms. The number of benzene rings is 1. The molecule has 0 fully saturated rings. The van der Waals surface area contributed by atoms with Crippen molar-refractivity contribution in [3.05, 3.63) is 53.9 Å². The number of nitrogens with zero attached hydrogens (tertiary/aromatic N) is 2. The molecule has 1 aromatic carbocycles. The lowest BCUT2D eigenvalue weighted by atomic mass is 10.0. The van der Waals surface area contributed by atoms with Crippen molar-refractivity contribution in [2.24, 2.45) is 0 Å². The van der Waals surface area contributed by atoms with Gasteiger partial charge in [-0.2, -0.15) is 0 Å². The molecule has 0 radical (unpaired) electrons. The Morgan fingerprint density at radius 3 is 2.79 bits per heavy atom.